The van der Waals surface area contributed by atoms with E-state index in [1.54, 1.807) is 6.21 Å². The first-order chi connectivity index (χ1) is 12.4. The van der Waals surface area contributed by atoms with Crippen molar-refractivity contribution in [3.63, 3.8) is 0 Å². The average molecular weight is 327 g/mol. The fraction of sp³-hybridized carbons (Fsp3) is 0. The zero-order valence-corrected chi connectivity index (χ0v) is 13.5. The van der Waals surface area contributed by atoms with Crippen LogP contribution >= 0.6 is 0 Å². The highest BCUT2D eigenvalue weighted by molar-refractivity contribution is 5.83. The fourth-order valence-corrected chi connectivity index (χ4v) is 2.62. The van der Waals surface area contributed by atoms with Gasteiger partial charge in [0, 0.05) is 6.21 Å². The van der Waals surface area contributed by atoms with Crippen LogP contribution in [0.15, 0.2) is 84.0 Å². The van der Waals surface area contributed by atoms with Crippen molar-refractivity contribution in [3.8, 4) is 11.5 Å². The maximum Gasteiger partial charge on any atom is 0.150 e. The maximum atomic E-state index is 5.71. The van der Waals surface area contributed by atoms with Gasteiger partial charge in [0.2, 0.25) is 0 Å². The summed E-state index contributed by atoms with van der Waals surface area (Å²) in [7, 11) is 0. The Morgan fingerprint density at radius 3 is 2.00 bits per heavy atom. The predicted molar refractivity (Wildman–Crippen MR) is 104 cm³/mol. The zero-order valence-electron chi connectivity index (χ0n) is 13.5. The molecule has 0 saturated heterocycles. The number of benzene rings is 3. The number of hydrazone groups is 1. The van der Waals surface area contributed by atoms with Crippen LogP contribution in [0.25, 0.3) is 6.08 Å². The van der Waals surface area contributed by atoms with Crippen LogP contribution in [-0.4, -0.2) is 6.21 Å². The summed E-state index contributed by atoms with van der Waals surface area (Å²) in [5.41, 5.74) is 7.20. The van der Waals surface area contributed by atoms with Gasteiger partial charge < -0.3 is 10.1 Å². The third kappa shape index (κ3) is 3.38. The van der Waals surface area contributed by atoms with Crippen LogP contribution in [0, 0.1) is 0 Å². The monoisotopic (exact) mass is 327 g/mol. The minimum absolute atomic E-state index is 0.881. The molecule has 2 heterocycles. The standard InChI is InChI=1S/C12H9NO.C9H8N2/c1-3-7-11-9(5-1)13-10-6-2-4-8-12(10)14-11;1-2-6-9-8(4-1)5-3-7-10-11-9/h1-8,13H;1-7,11H. The molecule has 0 bridgehead atoms. The van der Waals surface area contributed by atoms with Gasteiger partial charge in [-0.2, -0.15) is 5.10 Å². The Morgan fingerprint density at radius 2 is 1.28 bits per heavy atom. The van der Waals surface area contributed by atoms with Gasteiger partial charge >= 0.3 is 0 Å². The van der Waals surface area contributed by atoms with Gasteiger partial charge in [0.15, 0.2) is 11.5 Å². The molecule has 0 aromatic heterocycles. The van der Waals surface area contributed by atoms with Crippen molar-refractivity contribution in [1.29, 1.82) is 0 Å². The Hall–Kier alpha value is -3.53. The number of nitrogens with one attached hydrogen (secondary N) is 2. The second-order valence-electron chi connectivity index (χ2n) is 5.56. The normalized spacial score (nSPS) is 12.6. The summed E-state index contributed by atoms with van der Waals surface area (Å²) in [6.07, 6.45) is 5.68. The average Bonchev–Trinajstić information content (AvgIpc) is 2.92. The van der Waals surface area contributed by atoms with Crippen LogP contribution in [-0.2, 0) is 0 Å². The fourth-order valence-electron chi connectivity index (χ4n) is 2.62. The molecule has 25 heavy (non-hydrogen) atoms. The molecule has 0 fully saturated rings. The summed E-state index contributed by atoms with van der Waals surface area (Å²) >= 11 is 0. The van der Waals surface area contributed by atoms with Crippen molar-refractivity contribution in [2.45, 2.75) is 0 Å². The Balaban J connectivity index is 0.000000129. The van der Waals surface area contributed by atoms with E-state index >= 15 is 0 Å². The molecule has 0 atom stereocenters. The molecule has 2 aliphatic heterocycles. The van der Waals surface area contributed by atoms with E-state index in [9.17, 15) is 0 Å². The number of hydrogen-bond acceptors (Lipinski definition) is 4. The summed E-state index contributed by atoms with van der Waals surface area (Å²) in [5.74, 6) is 1.76. The Labute approximate surface area is 146 Å². The molecule has 0 radical (unpaired) electrons. The number of ether oxygens (including phenoxy) is 1. The number of para-hydroxylation sites is 5. The molecule has 2 N–H and O–H groups in total. The van der Waals surface area contributed by atoms with Gasteiger partial charge in [-0.25, -0.2) is 0 Å². The van der Waals surface area contributed by atoms with E-state index < -0.39 is 0 Å². The summed E-state index contributed by atoms with van der Waals surface area (Å²) < 4.78 is 5.71. The lowest BCUT2D eigenvalue weighted by Crippen LogP contribution is -2.01. The molecule has 3 aromatic rings. The zero-order chi connectivity index (χ0) is 16.9. The number of nitrogens with zero attached hydrogens (tertiary/aromatic N) is 1. The molecule has 0 unspecified atom stereocenters. The van der Waals surface area contributed by atoms with Crippen LogP contribution in [0.4, 0.5) is 17.1 Å². The highest BCUT2D eigenvalue weighted by atomic mass is 16.5. The van der Waals surface area contributed by atoms with Crippen molar-refractivity contribution in [3.05, 3.63) is 84.4 Å². The number of anilines is 3. The quantitative estimate of drug-likeness (QED) is 0.439. The Bertz CT molecular complexity index is 860. The van der Waals surface area contributed by atoms with Gasteiger partial charge in [-0.15, -0.1) is 0 Å². The second-order valence-corrected chi connectivity index (χ2v) is 5.56. The molecule has 4 heteroatoms. The third-order valence-corrected chi connectivity index (χ3v) is 3.85. The van der Waals surface area contributed by atoms with Gasteiger partial charge in [0.1, 0.15) is 0 Å². The highest BCUT2D eigenvalue weighted by Crippen LogP contribution is 2.40. The van der Waals surface area contributed by atoms with Gasteiger partial charge in [0.25, 0.3) is 0 Å². The lowest BCUT2D eigenvalue weighted by Gasteiger charge is -2.20. The van der Waals surface area contributed by atoms with Crippen molar-refractivity contribution in [2.75, 3.05) is 10.7 Å². The lowest BCUT2D eigenvalue weighted by atomic mass is 10.2. The van der Waals surface area contributed by atoms with Crippen LogP contribution in [0.5, 0.6) is 11.5 Å². The summed E-state index contributed by atoms with van der Waals surface area (Å²) in [6.45, 7) is 0. The molecule has 122 valence electrons. The highest BCUT2D eigenvalue weighted by Gasteiger charge is 2.13. The van der Waals surface area contributed by atoms with E-state index in [1.807, 2.05) is 84.9 Å². The van der Waals surface area contributed by atoms with E-state index in [0.717, 1.165) is 28.6 Å². The van der Waals surface area contributed by atoms with E-state index in [1.165, 1.54) is 5.56 Å². The number of hydrogen-bond donors (Lipinski definition) is 2. The molecule has 0 aliphatic carbocycles. The third-order valence-electron chi connectivity index (χ3n) is 3.85. The maximum absolute atomic E-state index is 5.71. The SMILES string of the molecule is C1=Cc2ccccc2NN=C1.c1ccc2c(c1)Nc1ccccc1O2. The summed E-state index contributed by atoms with van der Waals surface area (Å²) in [6, 6.07) is 23.9. The smallest absolute Gasteiger partial charge is 0.150 e. The van der Waals surface area contributed by atoms with Crippen molar-refractivity contribution >= 4 is 29.4 Å². The molecular formula is C21H17N3O. The van der Waals surface area contributed by atoms with Crippen LogP contribution in [0.3, 0.4) is 0 Å². The van der Waals surface area contributed by atoms with Gasteiger partial charge in [-0.05, 0) is 42.0 Å². The van der Waals surface area contributed by atoms with Crippen molar-refractivity contribution < 1.29 is 4.74 Å². The molecule has 5 rings (SSSR count). The number of rotatable bonds is 0. The summed E-state index contributed by atoms with van der Waals surface area (Å²) in [4.78, 5) is 0. The van der Waals surface area contributed by atoms with Crippen LogP contribution < -0.4 is 15.5 Å². The molecule has 3 aromatic carbocycles. The molecule has 0 saturated carbocycles. The first-order valence-corrected chi connectivity index (χ1v) is 8.08. The Kier molecular flexibility index (Phi) is 4.16. The predicted octanol–water partition coefficient (Wildman–Crippen LogP) is 5.65. The summed E-state index contributed by atoms with van der Waals surface area (Å²) in [5, 5.41) is 7.27. The van der Waals surface area contributed by atoms with E-state index in [2.05, 4.69) is 15.8 Å². The minimum atomic E-state index is 0.881. The van der Waals surface area contributed by atoms with Crippen molar-refractivity contribution in [2.24, 2.45) is 5.10 Å². The molecule has 2 aliphatic rings. The second kappa shape index (κ2) is 6.93. The number of allylic oxidation sites excluding steroid dienone is 1. The minimum Gasteiger partial charge on any atom is -0.453 e. The first kappa shape index (κ1) is 15.0. The van der Waals surface area contributed by atoms with E-state index in [0.29, 0.717) is 0 Å². The molecule has 0 amide bonds. The van der Waals surface area contributed by atoms with Gasteiger partial charge in [-0.3, -0.25) is 5.43 Å². The molecular weight excluding hydrogens is 310 g/mol. The topological polar surface area (TPSA) is 45.7 Å². The van der Waals surface area contributed by atoms with Crippen molar-refractivity contribution in [1.82, 2.24) is 0 Å². The van der Waals surface area contributed by atoms with E-state index in [-0.39, 0.29) is 0 Å². The largest absolute Gasteiger partial charge is 0.453 e. The Morgan fingerprint density at radius 1 is 0.680 bits per heavy atom. The number of fused-ring (bicyclic) bond motifs is 3. The van der Waals surface area contributed by atoms with Gasteiger partial charge in [-0.1, -0.05) is 48.5 Å². The van der Waals surface area contributed by atoms with Crippen LogP contribution in [0.2, 0.25) is 0 Å². The molecule has 0 spiro atoms. The molecule has 4 nitrogen and oxygen atoms in total. The van der Waals surface area contributed by atoms with Gasteiger partial charge in [0.05, 0.1) is 17.1 Å². The van der Waals surface area contributed by atoms with Crippen LogP contribution in [0.1, 0.15) is 5.56 Å². The lowest BCUT2D eigenvalue weighted by molar-refractivity contribution is 0.481. The first-order valence-electron chi connectivity index (χ1n) is 8.08. The van der Waals surface area contributed by atoms with E-state index in [4.69, 9.17) is 4.74 Å².